The molecule has 0 bridgehead atoms. The van der Waals surface area contributed by atoms with Gasteiger partial charge in [0, 0.05) is 6.20 Å². The molecule has 1 aromatic rings. The van der Waals surface area contributed by atoms with E-state index in [1.165, 1.54) is 22.6 Å². The van der Waals surface area contributed by atoms with Gasteiger partial charge in [0.05, 0.1) is 11.1 Å². The lowest BCUT2D eigenvalue weighted by atomic mass is 10.2. The molecule has 0 saturated carbocycles. The van der Waals surface area contributed by atoms with Crippen molar-refractivity contribution in [3.05, 3.63) is 27.1 Å². The number of alkyl halides is 6. The maximum absolute atomic E-state index is 12.2. The molecule has 0 aliphatic rings. The minimum absolute atomic E-state index is 0.0504. The molecule has 0 N–H and O–H groups in total. The van der Waals surface area contributed by atoms with Gasteiger partial charge in [0.15, 0.2) is 0 Å². The molecule has 8 heteroatoms. The van der Waals surface area contributed by atoms with Gasteiger partial charge in [-0.15, -0.1) is 0 Å². The molecule has 0 aliphatic carbocycles. The minimum atomic E-state index is -4.83. The van der Waals surface area contributed by atoms with Gasteiger partial charge in [0.25, 0.3) is 0 Å². The van der Waals surface area contributed by atoms with Gasteiger partial charge in [-0.3, -0.25) is 0 Å². The summed E-state index contributed by atoms with van der Waals surface area (Å²) in [5.41, 5.74) is -2.78. The van der Waals surface area contributed by atoms with Gasteiger partial charge in [-0.1, -0.05) is 0 Å². The molecule has 84 valence electrons. The first-order valence-corrected chi connectivity index (χ1v) is 4.50. The van der Waals surface area contributed by atoms with Crippen LogP contribution >= 0.6 is 22.6 Å². The van der Waals surface area contributed by atoms with Crippen molar-refractivity contribution < 1.29 is 26.3 Å². The Balaban J connectivity index is 3.30. The van der Waals surface area contributed by atoms with Crippen molar-refractivity contribution in [1.82, 2.24) is 4.98 Å². The normalized spacial score (nSPS) is 13.0. The zero-order chi connectivity index (χ0) is 11.9. The van der Waals surface area contributed by atoms with Crippen molar-refractivity contribution in [1.29, 1.82) is 0 Å². The number of hydrogen-bond acceptors (Lipinski definition) is 1. The van der Waals surface area contributed by atoms with Crippen molar-refractivity contribution in [2.75, 3.05) is 0 Å². The van der Waals surface area contributed by atoms with Crippen molar-refractivity contribution in [2.45, 2.75) is 12.4 Å². The summed E-state index contributed by atoms with van der Waals surface area (Å²) in [5.74, 6) is 0. The zero-order valence-electron chi connectivity index (χ0n) is 6.75. The molecule has 0 spiro atoms. The van der Waals surface area contributed by atoms with Crippen LogP contribution in [0, 0.1) is 3.70 Å². The fourth-order valence-corrected chi connectivity index (χ4v) is 1.40. The Morgan fingerprint density at radius 3 is 1.93 bits per heavy atom. The van der Waals surface area contributed by atoms with Gasteiger partial charge in [0.1, 0.15) is 3.70 Å². The number of hydrogen-bond donors (Lipinski definition) is 0. The number of halogens is 7. The third kappa shape index (κ3) is 2.95. The van der Waals surface area contributed by atoms with Gasteiger partial charge in [-0.05, 0) is 28.7 Å². The average Bonchev–Trinajstić information content (AvgIpc) is 2.00. The van der Waals surface area contributed by atoms with Crippen molar-refractivity contribution in [3.63, 3.8) is 0 Å². The van der Waals surface area contributed by atoms with Gasteiger partial charge in [-0.2, -0.15) is 26.3 Å². The first-order chi connectivity index (χ1) is 6.62. The van der Waals surface area contributed by atoms with Crippen molar-refractivity contribution in [2.24, 2.45) is 0 Å². The molecule has 0 radical (unpaired) electrons. The van der Waals surface area contributed by atoms with Crippen LogP contribution < -0.4 is 0 Å². The maximum Gasteiger partial charge on any atom is 0.418 e. The number of aromatic nitrogens is 1. The zero-order valence-corrected chi connectivity index (χ0v) is 8.91. The van der Waals surface area contributed by atoms with Gasteiger partial charge >= 0.3 is 12.4 Å². The first kappa shape index (κ1) is 12.5. The molecule has 0 aromatic carbocycles. The second kappa shape index (κ2) is 3.80. The maximum atomic E-state index is 12.2. The van der Waals surface area contributed by atoms with Gasteiger partial charge < -0.3 is 0 Å². The van der Waals surface area contributed by atoms with E-state index in [4.69, 9.17) is 0 Å². The fraction of sp³-hybridized carbons (Fsp3) is 0.286. The van der Waals surface area contributed by atoms with Gasteiger partial charge in [-0.25, -0.2) is 4.98 Å². The van der Waals surface area contributed by atoms with Crippen LogP contribution in [0.2, 0.25) is 0 Å². The highest BCUT2D eigenvalue weighted by Gasteiger charge is 2.38. The van der Waals surface area contributed by atoms with E-state index in [1.807, 2.05) is 0 Å². The predicted octanol–water partition coefficient (Wildman–Crippen LogP) is 3.72. The number of nitrogens with zero attached hydrogens (tertiary/aromatic N) is 1. The molecular weight excluding hydrogens is 339 g/mol. The van der Waals surface area contributed by atoms with E-state index in [0.717, 1.165) is 0 Å². The molecule has 0 unspecified atom stereocenters. The molecule has 0 fully saturated rings. The van der Waals surface area contributed by atoms with Crippen LogP contribution in [0.4, 0.5) is 26.3 Å². The topological polar surface area (TPSA) is 12.9 Å². The summed E-state index contributed by atoms with van der Waals surface area (Å²) in [6, 6.07) is 0.0504. The Labute approximate surface area is 93.6 Å². The van der Waals surface area contributed by atoms with E-state index in [1.54, 1.807) is 0 Å². The standard InChI is InChI=1S/C7H2F6IN/c8-6(9,10)3-1-4(7(11,12)13)5(14)15-2-3/h1-2H. The highest BCUT2D eigenvalue weighted by molar-refractivity contribution is 14.1. The Morgan fingerprint density at radius 1 is 1.00 bits per heavy atom. The highest BCUT2D eigenvalue weighted by Crippen LogP contribution is 2.36. The van der Waals surface area contributed by atoms with Crippen LogP contribution in [0.1, 0.15) is 11.1 Å². The highest BCUT2D eigenvalue weighted by atomic mass is 127. The molecule has 15 heavy (non-hydrogen) atoms. The lowest BCUT2D eigenvalue weighted by Crippen LogP contribution is -2.13. The van der Waals surface area contributed by atoms with E-state index < -0.39 is 27.2 Å². The monoisotopic (exact) mass is 341 g/mol. The molecule has 1 heterocycles. The summed E-state index contributed by atoms with van der Waals surface area (Å²) in [4.78, 5) is 3.06. The summed E-state index contributed by atoms with van der Waals surface area (Å²) in [6.07, 6.45) is -9.28. The van der Waals surface area contributed by atoms with E-state index in [9.17, 15) is 26.3 Å². The fourth-order valence-electron chi connectivity index (χ4n) is 0.802. The van der Waals surface area contributed by atoms with E-state index in [-0.39, 0.29) is 6.07 Å². The lowest BCUT2D eigenvalue weighted by Gasteiger charge is -2.11. The number of pyridine rings is 1. The van der Waals surface area contributed by atoms with Crippen LogP contribution in [0.25, 0.3) is 0 Å². The Morgan fingerprint density at radius 2 is 1.53 bits per heavy atom. The summed E-state index contributed by atoms with van der Waals surface area (Å²) in [6.45, 7) is 0. The van der Waals surface area contributed by atoms with Crippen molar-refractivity contribution in [3.8, 4) is 0 Å². The predicted molar refractivity (Wildman–Crippen MR) is 47.0 cm³/mol. The SMILES string of the molecule is FC(F)(F)c1cnc(I)c(C(F)(F)F)c1. The molecule has 1 rings (SSSR count). The molecule has 1 nitrogen and oxygen atoms in total. The average molecular weight is 341 g/mol. The van der Waals surface area contributed by atoms with Crippen molar-refractivity contribution >= 4 is 22.6 Å². The molecule has 1 aromatic heterocycles. The molecular formula is C7H2F6IN. The molecule has 0 atom stereocenters. The Hall–Kier alpha value is -0.540. The summed E-state index contributed by atoms with van der Waals surface area (Å²) >= 11 is 1.23. The summed E-state index contributed by atoms with van der Waals surface area (Å²) in [5, 5.41) is 0. The second-order valence-corrected chi connectivity index (χ2v) is 3.58. The van der Waals surface area contributed by atoms with E-state index in [2.05, 4.69) is 4.98 Å². The lowest BCUT2D eigenvalue weighted by molar-refractivity contribution is -0.144. The first-order valence-electron chi connectivity index (χ1n) is 3.42. The Kier molecular flexibility index (Phi) is 3.17. The summed E-state index contributed by atoms with van der Waals surface area (Å²) in [7, 11) is 0. The van der Waals surface area contributed by atoms with Crippen LogP contribution in [0.5, 0.6) is 0 Å². The summed E-state index contributed by atoms with van der Waals surface area (Å²) < 4.78 is 72.3. The van der Waals surface area contributed by atoms with Crippen LogP contribution in [-0.2, 0) is 12.4 Å². The van der Waals surface area contributed by atoms with Crippen LogP contribution in [0.3, 0.4) is 0 Å². The van der Waals surface area contributed by atoms with E-state index in [0.29, 0.717) is 6.20 Å². The molecule has 0 saturated heterocycles. The molecule has 0 aliphatic heterocycles. The quantitative estimate of drug-likeness (QED) is 0.398. The third-order valence-electron chi connectivity index (χ3n) is 1.47. The van der Waals surface area contributed by atoms with Gasteiger partial charge in [0.2, 0.25) is 0 Å². The van der Waals surface area contributed by atoms with Crippen LogP contribution in [-0.4, -0.2) is 4.98 Å². The minimum Gasteiger partial charge on any atom is -0.249 e. The second-order valence-electron chi connectivity index (χ2n) is 2.56. The van der Waals surface area contributed by atoms with Crippen LogP contribution in [0.15, 0.2) is 12.3 Å². The smallest absolute Gasteiger partial charge is 0.249 e. The van der Waals surface area contributed by atoms with E-state index >= 15 is 0 Å². The number of rotatable bonds is 0. The largest absolute Gasteiger partial charge is 0.418 e. The third-order valence-corrected chi connectivity index (χ3v) is 2.33. The Bertz CT molecular complexity index is 369. The molecule has 0 amide bonds.